The van der Waals surface area contributed by atoms with Crippen LogP contribution < -0.4 is 5.23 Å². The SMILES string of the molecule is COC(=O)[B]NC(=O)Cc1ccccc1O. The first-order valence-corrected chi connectivity index (χ1v) is 4.61. The molecule has 0 aliphatic heterocycles. The van der Waals surface area contributed by atoms with Crippen molar-refractivity contribution in [2.24, 2.45) is 0 Å². The van der Waals surface area contributed by atoms with Crippen molar-refractivity contribution in [3.63, 3.8) is 0 Å². The van der Waals surface area contributed by atoms with E-state index in [1.165, 1.54) is 13.2 Å². The molecule has 5 nitrogen and oxygen atoms in total. The number of aromatic hydroxyl groups is 1. The first-order valence-electron chi connectivity index (χ1n) is 4.61. The van der Waals surface area contributed by atoms with E-state index in [9.17, 15) is 14.7 Å². The van der Waals surface area contributed by atoms with Gasteiger partial charge in [-0.05, 0) is 6.07 Å². The smallest absolute Gasteiger partial charge is 0.392 e. The molecule has 0 saturated carbocycles. The fourth-order valence-electron chi connectivity index (χ4n) is 1.08. The van der Waals surface area contributed by atoms with Crippen molar-refractivity contribution in [3.05, 3.63) is 29.8 Å². The molecule has 0 fully saturated rings. The lowest BCUT2D eigenvalue weighted by molar-refractivity contribution is -0.118. The van der Waals surface area contributed by atoms with Gasteiger partial charge in [0.2, 0.25) is 5.91 Å². The van der Waals surface area contributed by atoms with Crippen LogP contribution in [0.5, 0.6) is 5.75 Å². The van der Waals surface area contributed by atoms with Gasteiger partial charge in [-0.1, -0.05) is 18.2 Å². The van der Waals surface area contributed by atoms with Gasteiger partial charge >= 0.3 is 7.41 Å². The third-order valence-corrected chi connectivity index (χ3v) is 1.89. The van der Waals surface area contributed by atoms with Gasteiger partial charge in [0.1, 0.15) is 5.75 Å². The quantitative estimate of drug-likeness (QED) is 0.721. The van der Waals surface area contributed by atoms with E-state index < -0.39 is 11.8 Å². The lowest BCUT2D eigenvalue weighted by Crippen LogP contribution is -2.34. The van der Waals surface area contributed by atoms with Crippen LogP contribution >= 0.6 is 0 Å². The van der Waals surface area contributed by atoms with Gasteiger partial charge in [0.15, 0.2) is 0 Å². The Morgan fingerprint density at radius 3 is 2.75 bits per heavy atom. The van der Waals surface area contributed by atoms with Crippen LogP contribution in [0.25, 0.3) is 0 Å². The fourth-order valence-corrected chi connectivity index (χ4v) is 1.08. The summed E-state index contributed by atoms with van der Waals surface area (Å²) in [5.41, 5.74) is 0.498. The second-order valence-corrected chi connectivity index (χ2v) is 3.04. The molecule has 0 aliphatic rings. The summed E-state index contributed by atoms with van der Waals surface area (Å²) in [6.45, 7) is 0. The first kappa shape index (κ1) is 12.1. The molecule has 1 rings (SSSR count). The number of phenols is 1. The van der Waals surface area contributed by atoms with E-state index in [0.717, 1.165) is 7.41 Å². The molecule has 0 aromatic heterocycles. The van der Waals surface area contributed by atoms with Crippen LogP contribution in [0.4, 0.5) is 4.79 Å². The molecule has 1 aromatic rings. The highest BCUT2D eigenvalue weighted by molar-refractivity contribution is 6.71. The average molecular weight is 220 g/mol. The zero-order valence-corrected chi connectivity index (χ0v) is 8.77. The first-order chi connectivity index (χ1) is 7.63. The van der Waals surface area contributed by atoms with Gasteiger partial charge in [-0.3, -0.25) is 9.59 Å². The maximum Gasteiger partial charge on any atom is 0.392 e. The van der Waals surface area contributed by atoms with Crippen molar-refractivity contribution in [2.45, 2.75) is 6.42 Å². The average Bonchev–Trinajstić information content (AvgIpc) is 2.29. The molecule has 6 heteroatoms. The Bertz CT molecular complexity index is 394. The minimum absolute atomic E-state index is 0.000166. The van der Waals surface area contributed by atoms with Crippen molar-refractivity contribution >= 4 is 19.2 Å². The van der Waals surface area contributed by atoms with E-state index in [1.807, 2.05) is 0 Å². The molecule has 0 atom stereocenters. The molecule has 0 heterocycles. The Hall–Kier alpha value is -1.98. The molecule has 83 valence electrons. The third kappa shape index (κ3) is 3.64. The number of carbonyl (C=O) groups is 2. The second kappa shape index (κ2) is 5.80. The fraction of sp³-hybridized carbons (Fsp3) is 0.200. The van der Waals surface area contributed by atoms with E-state index >= 15 is 0 Å². The Morgan fingerprint density at radius 1 is 1.44 bits per heavy atom. The molecule has 0 aliphatic carbocycles. The van der Waals surface area contributed by atoms with Crippen LogP contribution in [0.2, 0.25) is 0 Å². The zero-order valence-electron chi connectivity index (χ0n) is 8.77. The molecular formula is C10H11BNO4. The third-order valence-electron chi connectivity index (χ3n) is 1.89. The van der Waals surface area contributed by atoms with Gasteiger partial charge in [-0.2, -0.15) is 0 Å². The van der Waals surface area contributed by atoms with Crippen LogP contribution in [0.3, 0.4) is 0 Å². The van der Waals surface area contributed by atoms with Gasteiger partial charge in [-0.15, -0.1) is 0 Å². The summed E-state index contributed by atoms with van der Waals surface area (Å²) in [6, 6.07) is 6.50. The van der Waals surface area contributed by atoms with Crippen molar-refractivity contribution < 1.29 is 19.4 Å². The Labute approximate surface area is 93.7 Å². The topological polar surface area (TPSA) is 75.6 Å². The van der Waals surface area contributed by atoms with Gasteiger partial charge in [-0.25, -0.2) is 0 Å². The predicted octanol–water partition coefficient (Wildman–Crippen LogP) is 0.436. The van der Waals surface area contributed by atoms with E-state index in [0.29, 0.717) is 5.56 Å². The molecule has 1 aromatic carbocycles. The van der Waals surface area contributed by atoms with E-state index in [1.54, 1.807) is 18.2 Å². The summed E-state index contributed by atoms with van der Waals surface area (Å²) < 4.78 is 4.32. The van der Waals surface area contributed by atoms with Gasteiger partial charge in [0.05, 0.1) is 13.5 Å². The summed E-state index contributed by atoms with van der Waals surface area (Å²) >= 11 is 0. The highest BCUT2D eigenvalue weighted by atomic mass is 16.5. The Balaban J connectivity index is 2.46. The predicted molar refractivity (Wildman–Crippen MR) is 58.1 cm³/mol. The van der Waals surface area contributed by atoms with Crippen LogP contribution in [0.1, 0.15) is 5.56 Å². The Morgan fingerprint density at radius 2 is 2.12 bits per heavy atom. The van der Waals surface area contributed by atoms with E-state index in [-0.39, 0.29) is 12.2 Å². The summed E-state index contributed by atoms with van der Waals surface area (Å²) in [5, 5.41) is 11.7. The van der Waals surface area contributed by atoms with Crippen LogP contribution in [-0.2, 0) is 16.0 Å². The molecule has 2 N–H and O–H groups in total. The molecule has 1 radical (unpaired) electrons. The summed E-state index contributed by atoms with van der Waals surface area (Å²) in [6.07, 6.45) is 0.000166. The standard InChI is InChI=1S/C10H11BNO4/c1-16-10(15)11-12-9(14)6-7-4-2-3-5-8(7)13/h2-5,13H,6H2,1H3,(H,12,14). The van der Waals surface area contributed by atoms with Gasteiger partial charge in [0, 0.05) is 5.56 Å². The molecule has 16 heavy (non-hydrogen) atoms. The zero-order chi connectivity index (χ0) is 12.0. The lowest BCUT2D eigenvalue weighted by Gasteiger charge is -2.04. The highest BCUT2D eigenvalue weighted by Crippen LogP contribution is 2.15. The maximum atomic E-state index is 11.3. The molecule has 0 bridgehead atoms. The van der Waals surface area contributed by atoms with Crippen molar-refractivity contribution in [2.75, 3.05) is 7.11 Å². The maximum absolute atomic E-state index is 11.3. The van der Waals surface area contributed by atoms with Crippen LogP contribution in [0, 0.1) is 0 Å². The van der Waals surface area contributed by atoms with Crippen molar-refractivity contribution in [1.82, 2.24) is 5.23 Å². The monoisotopic (exact) mass is 220 g/mol. The summed E-state index contributed by atoms with van der Waals surface area (Å²) in [7, 11) is 2.15. The number of carbonyl (C=O) groups excluding carboxylic acids is 2. The number of nitrogens with one attached hydrogen (secondary N) is 1. The number of ether oxygens (including phenoxy) is 1. The highest BCUT2D eigenvalue weighted by Gasteiger charge is 2.10. The van der Waals surface area contributed by atoms with Crippen molar-refractivity contribution in [3.8, 4) is 5.75 Å². The molecule has 0 unspecified atom stereocenters. The largest absolute Gasteiger partial charge is 0.508 e. The minimum Gasteiger partial charge on any atom is -0.508 e. The number of hydrogen-bond donors (Lipinski definition) is 2. The van der Waals surface area contributed by atoms with Gasteiger partial charge in [0.25, 0.3) is 5.87 Å². The van der Waals surface area contributed by atoms with E-state index in [2.05, 4.69) is 9.96 Å². The number of amides is 1. The molecule has 1 amide bonds. The normalized spacial score (nSPS) is 9.31. The number of methoxy groups -OCH3 is 1. The number of rotatable bonds is 4. The number of hydrogen-bond acceptors (Lipinski definition) is 4. The molecule has 0 spiro atoms. The van der Waals surface area contributed by atoms with Crippen LogP contribution in [-0.4, -0.2) is 31.4 Å². The number of benzene rings is 1. The van der Waals surface area contributed by atoms with Gasteiger partial charge < -0.3 is 15.1 Å². The number of para-hydroxylation sites is 1. The second-order valence-electron chi connectivity index (χ2n) is 3.04. The van der Waals surface area contributed by atoms with Crippen LogP contribution in [0.15, 0.2) is 24.3 Å². The molecular weight excluding hydrogens is 209 g/mol. The summed E-state index contributed by atoms with van der Waals surface area (Å²) in [4.78, 5) is 22.0. The van der Waals surface area contributed by atoms with E-state index in [4.69, 9.17) is 0 Å². The molecule has 0 saturated heterocycles. The minimum atomic E-state index is -0.634. The lowest BCUT2D eigenvalue weighted by atomic mass is 9.95. The summed E-state index contributed by atoms with van der Waals surface area (Å²) in [5.74, 6) is -0.978. The Kier molecular flexibility index (Phi) is 4.38. The number of phenolic OH excluding ortho intramolecular Hbond substituents is 1. The van der Waals surface area contributed by atoms with Crippen molar-refractivity contribution in [1.29, 1.82) is 0 Å².